The van der Waals surface area contributed by atoms with E-state index < -0.39 is 30.0 Å². The van der Waals surface area contributed by atoms with E-state index >= 15 is 0 Å². The van der Waals surface area contributed by atoms with Crippen LogP contribution in [0.1, 0.15) is 45.6 Å². The Kier molecular flexibility index (Phi) is 6.67. The van der Waals surface area contributed by atoms with Crippen LogP contribution in [0.4, 0.5) is 13.6 Å². The third-order valence-electron chi connectivity index (χ3n) is 5.58. The number of hydrogen-bond acceptors (Lipinski definition) is 7. The molecule has 182 valence electrons. The molecule has 2 atom stereocenters. The van der Waals surface area contributed by atoms with Crippen molar-refractivity contribution in [2.75, 3.05) is 26.3 Å². The molecule has 10 heteroatoms. The number of nitrogens with zero attached hydrogens (tertiary/aromatic N) is 1. The van der Waals surface area contributed by atoms with Crippen LogP contribution in [0.3, 0.4) is 0 Å². The maximum absolute atomic E-state index is 13.0. The molecule has 0 bridgehead atoms. The van der Waals surface area contributed by atoms with Crippen LogP contribution in [0, 0.1) is 0 Å². The minimum Gasteiger partial charge on any atom is -0.485 e. The van der Waals surface area contributed by atoms with Gasteiger partial charge in [0.2, 0.25) is 0 Å². The minimum absolute atomic E-state index is 0.0680. The molecule has 4 rings (SSSR count). The number of ether oxygens (including phenoxy) is 4. The fourth-order valence-corrected chi connectivity index (χ4v) is 4.04. The third kappa shape index (κ3) is 5.86. The Balaban J connectivity index is 1.51. The van der Waals surface area contributed by atoms with Crippen molar-refractivity contribution in [2.24, 2.45) is 0 Å². The lowest BCUT2D eigenvalue weighted by molar-refractivity contribution is -0.0526. The molecule has 0 radical (unpaired) electrons. The fourth-order valence-electron chi connectivity index (χ4n) is 4.04. The Labute approximate surface area is 191 Å². The number of alkyl halides is 2. The molecule has 3 aliphatic heterocycles. The van der Waals surface area contributed by atoms with Gasteiger partial charge in [-0.2, -0.15) is 8.78 Å². The molecule has 33 heavy (non-hydrogen) atoms. The van der Waals surface area contributed by atoms with Crippen molar-refractivity contribution in [2.45, 2.75) is 64.0 Å². The highest BCUT2D eigenvalue weighted by Crippen LogP contribution is 2.37. The SMILES string of the molecule is CC(C)(C)OC(=O)N1CCCC(Oc2cc(C3=CC4(CCOC4)ON3)ccc2OC(F)F)C1. The number of likely N-dealkylation sites (tertiary alicyclic amines) is 1. The van der Waals surface area contributed by atoms with Gasteiger partial charge in [0, 0.05) is 25.1 Å². The van der Waals surface area contributed by atoms with Crippen molar-refractivity contribution in [1.82, 2.24) is 10.4 Å². The van der Waals surface area contributed by atoms with Crippen molar-refractivity contribution < 1.29 is 37.4 Å². The second-order valence-electron chi connectivity index (χ2n) is 9.48. The number of carbonyl (C=O) groups is 1. The van der Waals surface area contributed by atoms with E-state index in [2.05, 4.69) is 10.2 Å². The molecule has 1 spiro atoms. The predicted octanol–water partition coefficient (Wildman–Crippen LogP) is 4.10. The second-order valence-corrected chi connectivity index (χ2v) is 9.48. The molecule has 1 N–H and O–H groups in total. The topological polar surface area (TPSA) is 78.5 Å². The van der Waals surface area contributed by atoms with E-state index in [4.69, 9.17) is 19.0 Å². The van der Waals surface area contributed by atoms with Gasteiger partial charge in [-0.25, -0.2) is 4.79 Å². The van der Waals surface area contributed by atoms with Gasteiger partial charge in [-0.15, -0.1) is 0 Å². The van der Waals surface area contributed by atoms with Gasteiger partial charge < -0.3 is 23.8 Å². The van der Waals surface area contributed by atoms with Gasteiger partial charge in [0.1, 0.15) is 17.3 Å². The second kappa shape index (κ2) is 9.34. The first-order valence-electron chi connectivity index (χ1n) is 11.1. The van der Waals surface area contributed by atoms with E-state index in [-0.39, 0.29) is 18.0 Å². The molecular formula is C23H30F2N2O6. The zero-order valence-corrected chi connectivity index (χ0v) is 19.1. The minimum atomic E-state index is -2.99. The Morgan fingerprint density at radius 2 is 2.12 bits per heavy atom. The smallest absolute Gasteiger partial charge is 0.410 e. The number of benzene rings is 1. The lowest BCUT2D eigenvalue weighted by Gasteiger charge is -2.34. The first-order chi connectivity index (χ1) is 15.6. The van der Waals surface area contributed by atoms with Crippen LogP contribution in [0.5, 0.6) is 11.5 Å². The molecule has 1 aromatic rings. The first-order valence-corrected chi connectivity index (χ1v) is 11.1. The normalized spacial score (nSPS) is 25.2. The quantitative estimate of drug-likeness (QED) is 0.697. The zero-order valence-electron chi connectivity index (χ0n) is 19.1. The van der Waals surface area contributed by atoms with E-state index in [9.17, 15) is 13.6 Å². The summed E-state index contributed by atoms with van der Waals surface area (Å²) in [5.41, 5.74) is 3.18. The van der Waals surface area contributed by atoms with Gasteiger partial charge in [0.25, 0.3) is 0 Å². The van der Waals surface area contributed by atoms with Gasteiger partial charge in [-0.05, 0) is 57.9 Å². The molecule has 1 aromatic carbocycles. The van der Waals surface area contributed by atoms with E-state index in [1.165, 1.54) is 6.07 Å². The lowest BCUT2D eigenvalue weighted by atomic mass is 10.0. The Morgan fingerprint density at radius 1 is 1.30 bits per heavy atom. The summed E-state index contributed by atoms with van der Waals surface area (Å²) in [6.45, 7) is 4.32. The molecular weight excluding hydrogens is 438 g/mol. The molecule has 3 aliphatic rings. The highest BCUT2D eigenvalue weighted by atomic mass is 19.3. The number of hydroxylamine groups is 1. The lowest BCUT2D eigenvalue weighted by Crippen LogP contribution is -2.46. The van der Waals surface area contributed by atoms with Gasteiger partial charge in [0.05, 0.1) is 18.8 Å². The van der Waals surface area contributed by atoms with E-state index in [0.717, 1.165) is 6.42 Å². The number of piperidine rings is 1. The maximum atomic E-state index is 13.0. The average Bonchev–Trinajstić information content (AvgIpc) is 3.38. The highest BCUT2D eigenvalue weighted by molar-refractivity contribution is 5.69. The van der Waals surface area contributed by atoms with Gasteiger partial charge in [-0.1, -0.05) is 0 Å². The molecule has 1 amide bonds. The van der Waals surface area contributed by atoms with Crippen LogP contribution in [0.2, 0.25) is 0 Å². The van der Waals surface area contributed by atoms with Crippen LogP contribution in [0.25, 0.3) is 5.70 Å². The maximum Gasteiger partial charge on any atom is 0.410 e. The highest BCUT2D eigenvalue weighted by Gasteiger charge is 2.39. The molecule has 2 fully saturated rings. The van der Waals surface area contributed by atoms with Gasteiger partial charge >= 0.3 is 12.7 Å². The van der Waals surface area contributed by atoms with Gasteiger partial charge in [-0.3, -0.25) is 10.3 Å². The average molecular weight is 468 g/mol. The van der Waals surface area contributed by atoms with Crippen molar-refractivity contribution in [3.63, 3.8) is 0 Å². The van der Waals surface area contributed by atoms with Crippen LogP contribution in [-0.4, -0.2) is 61.2 Å². The summed E-state index contributed by atoms with van der Waals surface area (Å²) >= 11 is 0. The third-order valence-corrected chi connectivity index (χ3v) is 5.58. The number of rotatable bonds is 5. The number of amides is 1. The zero-order chi connectivity index (χ0) is 23.6. The van der Waals surface area contributed by atoms with Crippen LogP contribution < -0.4 is 15.0 Å². The predicted molar refractivity (Wildman–Crippen MR) is 115 cm³/mol. The van der Waals surface area contributed by atoms with Crippen LogP contribution in [-0.2, 0) is 14.3 Å². The Morgan fingerprint density at radius 3 is 2.82 bits per heavy atom. The number of carbonyl (C=O) groups excluding carboxylic acids is 1. The van der Waals surface area contributed by atoms with Crippen LogP contribution >= 0.6 is 0 Å². The summed E-state index contributed by atoms with van der Waals surface area (Å²) in [6, 6.07) is 4.75. The standard InChI is InChI=1S/C23H30F2N2O6/c1-22(2,3)32-21(28)27-9-4-5-16(13-27)30-19-11-15(6-7-18(19)31-20(24)25)17-12-23(33-26-17)8-10-29-14-23/h6-7,11-12,16,20,26H,4-5,8-10,13-14H2,1-3H3. The van der Waals surface area contributed by atoms with Gasteiger partial charge in [0.15, 0.2) is 11.5 Å². The molecule has 3 heterocycles. The summed E-state index contributed by atoms with van der Waals surface area (Å²) in [4.78, 5) is 19.8. The summed E-state index contributed by atoms with van der Waals surface area (Å²) in [6.07, 6.45) is 3.23. The Bertz CT molecular complexity index is 895. The molecule has 0 saturated carbocycles. The molecule has 2 saturated heterocycles. The molecule has 8 nitrogen and oxygen atoms in total. The summed E-state index contributed by atoms with van der Waals surface area (Å²) in [5, 5.41) is 0. The van der Waals surface area contributed by atoms with Crippen molar-refractivity contribution in [1.29, 1.82) is 0 Å². The van der Waals surface area contributed by atoms with Crippen molar-refractivity contribution in [3.8, 4) is 11.5 Å². The van der Waals surface area contributed by atoms with Crippen molar-refractivity contribution in [3.05, 3.63) is 29.8 Å². The summed E-state index contributed by atoms with van der Waals surface area (Å²) in [7, 11) is 0. The summed E-state index contributed by atoms with van der Waals surface area (Å²) in [5.74, 6) is 0.108. The monoisotopic (exact) mass is 468 g/mol. The molecule has 0 aliphatic carbocycles. The fraction of sp³-hybridized carbons (Fsp3) is 0.609. The Hall–Kier alpha value is -2.59. The van der Waals surface area contributed by atoms with E-state index in [1.807, 2.05) is 6.08 Å². The van der Waals surface area contributed by atoms with Crippen LogP contribution in [0.15, 0.2) is 24.3 Å². The molecule has 2 unspecified atom stereocenters. The van der Waals surface area contributed by atoms with Crippen molar-refractivity contribution >= 4 is 11.8 Å². The number of nitrogens with one attached hydrogen (secondary N) is 1. The number of hydrogen-bond donors (Lipinski definition) is 1. The summed E-state index contributed by atoms with van der Waals surface area (Å²) < 4.78 is 47.7. The number of halogens is 2. The van der Waals surface area contributed by atoms with E-state index in [0.29, 0.717) is 43.9 Å². The van der Waals surface area contributed by atoms with E-state index in [1.54, 1.807) is 37.8 Å². The largest absolute Gasteiger partial charge is 0.485 e. The molecule has 0 aromatic heterocycles. The first kappa shape index (κ1) is 23.6.